The van der Waals surface area contributed by atoms with Gasteiger partial charge in [0.1, 0.15) is 0 Å². The fourth-order valence-electron chi connectivity index (χ4n) is 0.831. The van der Waals surface area contributed by atoms with Crippen LogP contribution in [0.3, 0.4) is 0 Å². The maximum Gasteiger partial charge on any atom is 0.251 e. The van der Waals surface area contributed by atoms with Crippen LogP contribution < -0.4 is 10.4 Å². The second-order valence-corrected chi connectivity index (χ2v) is 3.77. The molecule has 0 aromatic carbocycles. The van der Waals surface area contributed by atoms with Crippen LogP contribution in [0.1, 0.15) is 0 Å². The van der Waals surface area contributed by atoms with Crippen molar-refractivity contribution in [3.05, 3.63) is 32.3 Å². The summed E-state index contributed by atoms with van der Waals surface area (Å²) < 4.78 is 2.56. The summed E-state index contributed by atoms with van der Waals surface area (Å²) in [6.45, 7) is 1.18. The van der Waals surface area contributed by atoms with Crippen molar-refractivity contribution in [1.82, 2.24) is 9.40 Å². The van der Waals surface area contributed by atoms with Crippen LogP contribution in [0.4, 0.5) is 0 Å². The number of pyridine rings is 1. The van der Waals surface area contributed by atoms with Crippen molar-refractivity contribution in [3.63, 3.8) is 0 Å². The first-order valence-corrected chi connectivity index (χ1v) is 4.89. The van der Waals surface area contributed by atoms with Gasteiger partial charge in [-0.3, -0.25) is 4.79 Å². The Morgan fingerprint density at radius 3 is 3.00 bits per heavy atom. The van der Waals surface area contributed by atoms with Crippen molar-refractivity contribution in [2.75, 3.05) is 6.54 Å². The second-order valence-electron chi connectivity index (χ2n) is 2.26. The fraction of sp³-hybridized carbons (Fsp3) is 0.286. The van der Waals surface area contributed by atoms with E-state index < -0.39 is 0 Å². The largest absolute Gasteiger partial charge is 0.314 e. The van der Waals surface area contributed by atoms with Crippen molar-refractivity contribution in [2.24, 2.45) is 0 Å². The lowest BCUT2D eigenvalue weighted by Gasteiger charge is -2.02. The number of nitrogens with zero attached hydrogens (tertiary/aromatic N) is 1. The summed E-state index contributed by atoms with van der Waals surface area (Å²) in [5.74, 6) is 0. The summed E-state index contributed by atoms with van der Waals surface area (Å²) in [6, 6.07) is 3.48. The van der Waals surface area contributed by atoms with Crippen LogP contribution in [0.15, 0.2) is 23.1 Å². The smallest absolute Gasteiger partial charge is 0.251 e. The van der Waals surface area contributed by atoms with Gasteiger partial charge in [0.2, 0.25) is 0 Å². The van der Waals surface area contributed by atoms with Gasteiger partial charge < -0.3 is 4.57 Å². The van der Waals surface area contributed by atoms with Gasteiger partial charge in [0.25, 0.3) is 5.56 Å². The van der Waals surface area contributed by atoms with Crippen molar-refractivity contribution in [3.8, 4) is 0 Å². The average Bonchev–Trinajstić information content (AvgIpc) is 2.03. The van der Waals surface area contributed by atoms with Gasteiger partial charge in [-0.2, -0.15) is 0 Å². The van der Waals surface area contributed by atoms with Crippen LogP contribution in [0.25, 0.3) is 0 Å². The highest BCUT2D eigenvalue weighted by atomic mass is 127. The van der Waals surface area contributed by atoms with Gasteiger partial charge in [-0.15, -0.1) is 0 Å². The highest BCUT2D eigenvalue weighted by Gasteiger charge is 1.94. The molecule has 0 aliphatic rings. The van der Waals surface area contributed by atoms with E-state index in [0.717, 1.165) is 3.57 Å². The molecule has 0 radical (unpaired) electrons. The zero-order valence-electron chi connectivity index (χ0n) is 6.26. The standard InChI is InChI=1S/C7H8ClIN2O/c8-10-2-4-11-3-1-6(9)5-7(11)12/h1,3,5,10H,2,4H2. The van der Waals surface area contributed by atoms with E-state index in [-0.39, 0.29) is 5.56 Å². The molecule has 0 aliphatic heterocycles. The molecule has 3 nitrogen and oxygen atoms in total. The molecule has 0 amide bonds. The van der Waals surface area contributed by atoms with Crippen molar-refractivity contribution >= 4 is 34.4 Å². The molecule has 0 unspecified atom stereocenters. The number of rotatable bonds is 3. The maximum atomic E-state index is 11.2. The summed E-state index contributed by atoms with van der Waals surface area (Å²) in [4.78, 5) is 13.7. The molecule has 1 aromatic rings. The molecule has 0 atom stereocenters. The van der Waals surface area contributed by atoms with E-state index in [9.17, 15) is 4.79 Å². The van der Waals surface area contributed by atoms with Gasteiger partial charge in [-0.1, -0.05) is 0 Å². The molecular formula is C7H8ClIN2O. The Morgan fingerprint density at radius 1 is 1.67 bits per heavy atom. The molecule has 12 heavy (non-hydrogen) atoms. The molecular weight excluding hydrogens is 290 g/mol. The van der Waals surface area contributed by atoms with Crippen LogP contribution in [-0.2, 0) is 6.54 Å². The first-order chi connectivity index (χ1) is 5.74. The number of hydrogen-bond acceptors (Lipinski definition) is 2. The number of halogens is 2. The van der Waals surface area contributed by atoms with Gasteiger partial charge in [-0.25, -0.2) is 4.84 Å². The predicted octanol–water partition coefficient (Wildman–Crippen LogP) is 1.20. The van der Waals surface area contributed by atoms with E-state index in [0.29, 0.717) is 13.1 Å². The first-order valence-electron chi connectivity index (χ1n) is 3.43. The molecule has 5 heteroatoms. The zero-order valence-corrected chi connectivity index (χ0v) is 9.17. The molecule has 1 N–H and O–H groups in total. The Kier molecular flexibility index (Phi) is 4.03. The number of nitrogens with one attached hydrogen (secondary N) is 1. The van der Waals surface area contributed by atoms with Crippen molar-refractivity contribution in [1.29, 1.82) is 0 Å². The maximum absolute atomic E-state index is 11.2. The summed E-state index contributed by atoms with van der Waals surface area (Å²) in [5, 5.41) is 0. The van der Waals surface area contributed by atoms with Crippen LogP contribution in [0.2, 0.25) is 0 Å². The third kappa shape index (κ3) is 2.76. The predicted molar refractivity (Wildman–Crippen MR) is 57.3 cm³/mol. The van der Waals surface area contributed by atoms with Gasteiger partial charge in [0, 0.05) is 28.9 Å². The van der Waals surface area contributed by atoms with Crippen LogP contribution in [-0.4, -0.2) is 11.1 Å². The SMILES string of the molecule is O=c1cc(I)ccn1CCNCl. The summed E-state index contributed by atoms with van der Waals surface area (Å²) in [7, 11) is 0. The van der Waals surface area contributed by atoms with E-state index in [2.05, 4.69) is 27.4 Å². The summed E-state index contributed by atoms with van der Waals surface area (Å²) in [6.07, 6.45) is 1.76. The van der Waals surface area contributed by atoms with E-state index in [1.165, 1.54) is 0 Å². The molecule has 0 saturated heterocycles. The van der Waals surface area contributed by atoms with E-state index >= 15 is 0 Å². The Labute approximate surface area is 89.0 Å². The Morgan fingerprint density at radius 2 is 2.42 bits per heavy atom. The van der Waals surface area contributed by atoms with Gasteiger partial charge in [0.15, 0.2) is 0 Å². The van der Waals surface area contributed by atoms with Crippen molar-refractivity contribution in [2.45, 2.75) is 6.54 Å². The second kappa shape index (κ2) is 4.84. The first kappa shape index (κ1) is 10.0. The highest BCUT2D eigenvalue weighted by Crippen LogP contribution is 1.97. The lowest BCUT2D eigenvalue weighted by atomic mass is 10.4. The topological polar surface area (TPSA) is 34.0 Å². The van der Waals surface area contributed by atoms with Crippen molar-refractivity contribution < 1.29 is 0 Å². The van der Waals surface area contributed by atoms with E-state index in [1.807, 2.05) is 6.07 Å². The third-order valence-corrected chi connectivity index (χ3v) is 2.27. The van der Waals surface area contributed by atoms with Crippen LogP contribution in [0, 0.1) is 3.57 Å². The monoisotopic (exact) mass is 298 g/mol. The summed E-state index contributed by atoms with van der Waals surface area (Å²) in [5.41, 5.74) is 0.00816. The van der Waals surface area contributed by atoms with Gasteiger partial charge >= 0.3 is 0 Å². The summed E-state index contributed by atoms with van der Waals surface area (Å²) >= 11 is 7.37. The molecule has 1 rings (SSSR count). The molecule has 0 fully saturated rings. The minimum atomic E-state index is 0.00816. The molecule has 1 aromatic heterocycles. The molecule has 0 spiro atoms. The molecule has 0 bridgehead atoms. The van der Waals surface area contributed by atoms with Crippen LogP contribution >= 0.6 is 34.4 Å². The minimum absolute atomic E-state index is 0.00816. The zero-order chi connectivity index (χ0) is 8.97. The fourth-order valence-corrected chi connectivity index (χ4v) is 1.34. The lowest BCUT2D eigenvalue weighted by Crippen LogP contribution is -2.23. The minimum Gasteiger partial charge on any atom is -0.314 e. The Bertz CT molecular complexity index is 313. The normalized spacial score (nSPS) is 10.2. The van der Waals surface area contributed by atoms with Gasteiger partial charge in [-0.05, 0) is 40.4 Å². The number of aromatic nitrogens is 1. The Hall–Kier alpha value is -0.0700. The average molecular weight is 299 g/mol. The van der Waals surface area contributed by atoms with E-state index in [1.54, 1.807) is 16.8 Å². The third-order valence-electron chi connectivity index (χ3n) is 1.41. The number of hydrogen-bond donors (Lipinski definition) is 1. The van der Waals surface area contributed by atoms with E-state index in [4.69, 9.17) is 11.8 Å². The molecule has 1 heterocycles. The molecule has 66 valence electrons. The molecule has 0 saturated carbocycles. The Balaban J connectivity index is 2.80. The van der Waals surface area contributed by atoms with Crippen LogP contribution in [0.5, 0.6) is 0 Å². The highest BCUT2D eigenvalue weighted by molar-refractivity contribution is 14.1. The van der Waals surface area contributed by atoms with Gasteiger partial charge in [0.05, 0.1) is 0 Å². The lowest BCUT2D eigenvalue weighted by molar-refractivity contribution is 0.659. The quantitative estimate of drug-likeness (QED) is 0.672. The molecule has 0 aliphatic carbocycles.